The van der Waals surface area contributed by atoms with Gasteiger partial charge in [0.1, 0.15) is 11.8 Å². The maximum atomic E-state index is 13.2. The Bertz CT molecular complexity index is 1290. The molecule has 3 heterocycles. The van der Waals surface area contributed by atoms with E-state index in [1.807, 2.05) is 0 Å². The van der Waals surface area contributed by atoms with Gasteiger partial charge in [0.15, 0.2) is 16.7 Å². The third-order valence-electron chi connectivity index (χ3n) is 6.14. The first-order valence-corrected chi connectivity index (χ1v) is 11.2. The molecule has 1 aliphatic heterocycles. The molecule has 1 amide bonds. The van der Waals surface area contributed by atoms with Gasteiger partial charge in [0.2, 0.25) is 0 Å². The lowest BCUT2D eigenvalue weighted by Gasteiger charge is -2.30. The topological polar surface area (TPSA) is 94.4 Å². The van der Waals surface area contributed by atoms with Crippen LogP contribution in [-0.2, 0) is 17.6 Å². The largest absolute Gasteiger partial charge is 0.479 e. The fourth-order valence-electron chi connectivity index (χ4n) is 4.36. The second-order valence-electron chi connectivity index (χ2n) is 8.11. The lowest BCUT2D eigenvalue weighted by Crippen LogP contribution is -2.42. The minimum Gasteiger partial charge on any atom is -0.479 e. The second kappa shape index (κ2) is 7.26. The van der Waals surface area contributed by atoms with Crippen LogP contribution in [0.2, 0.25) is 0 Å². The molecule has 1 aromatic carbocycles. The van der Waals surface area contributed by atoms with Crippen molar-refractivity contribution < 1.29 is 14.3 Å². The predicted octanol–water partition coefficient (Wildman–Crippen LogP) is 2.92. The molecular weight excluding hydrogens is 416 g/mol. The molecule has 2 unspecified atom stereocenters. The number of hydrogen-bond acceptors (Lipinski definition) is 7. The number of amides is 1. The molecular formula is C22H22N4O4S. The Hall–Kier alpha value is -3.07. The Labute approximate surface area is 182 Å². The Balaban J connectivity index is 1.52. The quantitative estimate of drug-likeness (QED) is 0.584. The molecule has 0 fully saturated rings. The van der Waals surface area contributed by atoms with Crippen molar-refractivity contribution in [3.8, 4) is 5.75 Å². The van der Waals surface area contributed by atoms with E-state index in [2.05, 4.69) is 10.3 Å². The normalized spacial score (nSPS) is 19.0. The van der Waals surface area contributed by atoms with Gasteiger partial charge in [0, 0.05) is 17.5 Å². The van der Waals surface area contributed by atoms with Gasteiger partial charge in [0.05, 0.1) is 11.1 Å². The number of aryl methyl sites for hydroxylation is 2. The van der Waals surface area contributed by atoms with Crippen LogP contribution < -0.4 is 15.2 Å². The number of nitrogens with zero attached hydrogens (tertiary/aromatic N) is 4. The van der Waals surface area contributed by atoms with Crippen LogP contribution in [0, 0.1) is 0 Å². The molecule has 0 saturated heterocycles. The van der Waals surface area contributed by atoms with Gasteiger partial charge in [-0.15, -0.1) is 16.4 Å². The molecule has 0 N–H and O–H groups in total. The Morgan fingerprint density at radius 2 is 2.03 bits per heavy atom. The molecule has 0 bridgehead atoms. The van der Waals surface area contributed by atoms with E-state index < -0.39 is 12.1 Å². The highest BCUT2D eigenvalue weighted by Crippen LogP contribution is 2.35. The number of benzene rings is 1. The first-order chi connectivity index (χ1) is 14.9. The van der Waals surface area contributed by atoms with Gasteiger partial charge in [0.25, 0.3) is 11.5 Å². The molecule has 160 valence electrons. The average molecular weight is 439 g/mol. The molecule has 0 radical (unpaired) electrons. The molecule has 1 aliphatic carbocycles. The number of thiophene rings is 1. The SMILES string of the molecule is CC1Oc2ccc(C(=O)C(C)n3nnc4sc5c(c4c3=O)CCCC5)cc2N(C)C1=O. The van der Waals surface area contributed by atoms with Gasteiger partial charge < -0.3 is 9.64 Å². The summed E-state index contributed by atoms with van der Waals surface area (Å²) < 4.78 is 6.81. The van der Waals surface area contributed by atoms with Crippen LogP contribution in [0.25, 0.3) is 10.2 Å². The zero-order valence-electron chi connectivity index (χ0n) is 17.5. The average Bonchev–Trinajstić information content (AvgIpc) is 3.16. The lowest BCUT2D eigenvalue weighted by molar-refractivity contribution is -0.125. The molecule has 0 saturated carbocycles. The van der Waals surface area contributed by atoms with E-state index in [0.717, 1.165) is 31.2 Å². The third kappa shape index (κ3) is 3.06. The highest BCUT2D eigenvalue weighted by atomic mass is 32.1. The Kier molecular flexibility index (Phi) is 4.65. The van der Waals surface area contributed by atoms with Crippen molar-refractivity contribution in [2.75, 3.05) is 11.9 Å². The molecule has 2 aliphatic rings. The third-order valence-corrected chi connectivity index (χ3v) is 7.32. The van der Waals surface area contributed by atoms with E-state index in [1.54, 1.807) is 39.1 Å². The second-order valence-corrected chi connectivity index (χ2v) is 9.19. The van der Waals surface area contributed by atoms with Gasteiger partial charge in [-0.3, -0.25) is 14.4 Å². The summed E-state index contributed by atoms with van der Waals surface area (Å²) in [5.41, 5.74) is 1.71. The standard InChI is InChI=1S/C22H22N4O4S/c1-11(19(27)13-8-9-16-15(10-13)25(3)21(28)12(2)30-16)26-22(29)18-14-6-4-5-7-17(14)31-20(18)23-24-26/h8-12H,4-7H2,1-3H3. The van der Waals surface area contributed by atoms with E-state index in [-0.39, 0.29) is 17.2 Å². The van der Waals surface area contributed by atoms with Crippen LogP contribution in [0.3, 0.4) is 0 Å². The number of aromatic nitrogens is 3. The zero-order valence-corrected chi connectivity index (χ0v) is 18.4. The summed E-state index contributed by atoms with van der Waals surface area (Å²) in [4.78, 5) is 42.1. The molecule has 0 spiro atoms. The van der Waals surface area contributed by atoms with E-state index in [4.69, 9.17) is 4.74 Å². The van der Waals surface area contributed by atoms with Gasteiger partial charge in [-0.1, -0.05) is 5.21 Å². The number of anilines is 1. The summed E-state index contributed by atoms with van der Waals surface area (Å²) in [6.07, 6.45) is 3.43. The molecule has 9 heteroatoms. The zero-order chi connectivity index (χ0) is 21.9. The number of likely N-dealkylation sites (N-methyl/N-ethyl adjacent to an activating group) is 1. The fourth-order valence-corrected chi connectivity index (χ4v) is 5.55. The van der Waals surface area contributed by atoms with Crippen molar-refractivity contribution in [3.63, 3.8) is 0 Å². The molecule has 2 aromatic heterocycles. The predicted molar refractivity (Wildman–Crippen MR) is 117 cm³/mol. The summed E-state index contributed by atoms with van der Waals surface area (Å²) in [6.45, 7) is 3.34. The van der Waals surface area contributed by atoms with Crippen LogP contribution >= 0.6 is 11.3 Å². The lowest BCUT2D eigenvalue weighted by atomic mass is 9.97. The van der Waals surface area contributed by atoms with Crippen molar-refractivity contribution in [1.82, 2.24) is 15.0 Å². The maximum Gasteiger partial charge on any atom is 0.279 e. The summed E-state index contributed by atoms with van der Waals surface area (Å²) in [7, 11) is 1.65. The summed E-state index contributed by atoms with van der Waals surface area (Å²) in [6, 6.07) is 4.13. The van der Waals surface area contributed by atoms with Gasteiger partial charge in [-0.2, -0.15) is 4.68 Å². The number of ether oxygens (including phenoxy) is 1. The van der Waals surface area contributed by atoms with Crippen LogP contribution in [0.15, 0.2) is 23.0 Å². The number of fused-ring (bicyclic) bond motifs is 4. The van der Waals surface area contributed by atoms with E-state index in [1.165, 1.54) is 25.8 Å². The number of hydrogen-bond donors (Lipinski definition) is 0. The number of rotatable bonds is 3. The summed E-state index contributed by atoms with van der Waals surface area (Å²) >= 11 is 1.53. The Morgan fingerprint density at radius 1 is 1.26 bits per heavy atom. The van der Waals surface area contributed by atoms with Crippen molar-refractivity contribution in [2.24, 2.45) is 0 Å². The van der Waals surface area contributed by atoms with E-state index >= 15 is 0 Å². The molecule has 31 heavy (non-hydrogen) atoms. The minimum atomic E-state index is -0.828. The fraction of sp³-hybridized carbons (Fsp3) is 0.409. The summed E-state index contributed by atoms with van der Waals surface area (Å²) in [5.74, 6) is 0.0871. The van der Waals surface area contributed by atoms with Crippen molar-refractivity contribution in [2.45, 2.75) is 51.7 Å². The number of carbonyl (C=O) groups excluding carboxylic acids is 2. The first kappa shape index (κ1) is 19.9. The maximum absolute atomic E-state index is 13.2. The smallest absolute Gasteiger partial charge is 0.279 e. The van der Waals surface area contributed by atoms with Crippen LogP contribution in [0.4, 0.5) is 5.69 Å². The van der Waals surface area contributed by atoms with Crippen LogP contribution in [0.1, 0.15) is 53.5 Å². The monoisotopic (exact) mass is 438 g/mol. The molecule has 5 rings (SSSR count). The highest BCUT2D eigenvalue weighted by molar-refractivity contribution is 7.18. The van der Waals surface area contributed by atoms with Gasteiger partial charge in [-0.25, -0.2) is 0 Å². The molecule has 3 aromatic rings. The van der Waals surface area contributed by atoms with Crippen LogP contribution in [0.5, 0.6) is 5.75 Å². The minimum absolute atomic E-state index is 0.181. The Morgan fingerprint density at radius 3 is 2.84 bits per heavy atom. The number of ketones is 1. The molecule has 8 nitrogen and oxygen atoms in total. The first-order valence-electron chi connectivity index (χ1n) is 10.4. The van der Waals surface area contributed by atoms with E-state index in [9.17, 15) is 14.4 Å². The highest BCUT2D eigenvalue weighted by Gasteiger charge is 2.31. The summed E-state index contributed by atoms with van der Waals surface area (Å²) in [5, 5.41) is 8.93. The van der Waals surface area contributed by atoms with E-state index in [0.29, 0.717) is 27.2 Å². The number of Topliss-reactive ketones (excluding diaryl/α,β-unsaturated/α-hetero) is 1. The van der Waals surface area contributed by atoms with Crippen LogP contribution in [-0.4, -0.2) is 39.8 Å². The molecule has 2 atom stereocenters. The number of carbonyl (C=O) groups is 2. The van der Waals surface area contributed by atoms with Crippen molar-refractivity contribution in [3.05, 3.63) is 44.6 Å². The van der Waals surface area contributed by atoms with Crippen molar-refractivity contribution in [1.29, 1.82) is 0 Å². The van der Waals surface area contributed by atoms with Gasteiger partial charge >= 0.3 is 0 Å². The van der Waals surface area contributed by atoms with Gasteiger partial charge in [-0.05, 0) is 63.3 Å². The van der Waals surface area contributed by atoms with Crippen molar-refractivity contribution >= 4 is 38.9 Å².